The van der Waals surface area contributed by atoms with Gasteiger partial charge in [0.1, 0.15) is 11.9 Å². The molecule has 1 heterocycles. The van der Waals surface area contributed by atoms with Gasteiger partial charge in [0.15, 0.2) is 0 Å². The summed E-state index contributed by atoms with van der Waals surface area (Å²) in [5.74, 6) is -1.67. The van der Waals surface area contributed by atoms with Gasteiger partial charge in [-0.15, -0.1) is 0 Å². The number of aliphatic carboxylic acids is 2. The topological polar surface area (TPSA) is 120 Å². The van der Waals surface area contributed by atoms with Crippen LogP contribution >= 0.6 is 0 Å². The first-order valence-corrected chi connectivity index (χ1v) is 6.52. The molecule has 0 unspecified atom stereocenters. The predicted octanol–water partition coefficient (Wildman–Crippen LogP) is 1.01. The third-order valence-electron chi connectivity index (χ3n) is 2.67. The number of carboxylic acid groups (broad SMARTS) is 2. The minimum Gasteiger partial charge on any atom is -0.489 e. The Hall–Kier alpha value is -2.85. The zero-order chi connectivity index (χ0) is 16.4. The Bertz CT molecular complexity index is 553. The molecule has 7 nitrogen and oxygen atoms in total. The Morgan fingerprint density at radius 1 is 1.23 bits per heavy atom. The minimum absolute atomic E-state index is 0.280. The van der Waals surface area contributed by atoms with Crippen molar-refractivity contribution in [2.45, 2.75) is 12.5 Å². The largest absolute Gasteiger partial charge is 0.489 e. The van der Waals surface area contributed by atoms with Crippen LogP contribution in [0.15, 0.2) is 36.4 Å². The number of benzene rings is 1. The third-order valence-corrected chi connectivity index (χ3v) is 2.67. The predicted molar refractivity (Wildman–Crippen MR) is 77.5 cm³/mol. The van der Waals surface area contributed by atoms with Crippen molar-refractivity contribution in [2.75, 3.05) is 13.1 Å². The first-order valence-electron chi connectivity index (χ1n) is 6.52. The van der Waals surface area contributed by atoms with Crippen LogP contribution in [0.2, 0.25) is 0 Å². The van der Waals surface area contributed by atoms with Gasteiger partial charge in [0.25, 0.3) is 0 Å². The molecule has 0 spiro atoms. The van der Waals surface area contributed by atoms with Gasteiger partial charge in [0.2, 0.25) is 0 Å². The number of carbonyl (C=O) groups is 2. The highest BCUT2D eigenvalue weighted by Gasteiger charge is 2.15. The summed E-state index contributed by atoms with van der Waals surface area (Å²) in [6.45, 7) is 1.95. The Balaban J connectivity index is 0.000000261. The molecule has 1 aliphatic heterocycles. The Morgan fingerprint density at radius 2 is 1.82 bits per heavy atom. The van der Waals surface area contributed by atoms with Gasteiger partial charge >= 0.3 is 11.9 Å². The van der Waals surface area contributed by atoms with E-state index < -0.39 is 11.9 Å². The Kier molecular flexibility index (Phi) is 7.16. The van der Waals surface area contributed by atoms with Crippen molar-refractivity contribution in [3.8, 4) is 11.8 Å². The van der Waals surface area contributed by atoms with Crippen LogP contribution in [0.1, 0.15) is 12.0 Å². The molecular weight excluding hydrogens is 288 g/mol. The van der Waals surface area contributed by atoms with Crippen LogP contribution in [0.25, 0.3) is 0 Å². The summed E-state index contributed by atoms with van der Waals surface area (Å²) in [7, 11) is 0. The lowest BCUT2D eigenvalue weighted by Gasteiger charge is -2.11. The summed E-state index contributed by atoms with van der Waals surface area (Å²) in [5, 5.41) is 27.5. The van der Waals surface area contributed by atoms with Crippen molar-refractivity contribution in [2.24, 2.45) is 0 Å². The fourth-order valence-electron chi connectivity index (χ4n) is 1.67. The van der Waals surface area contributed by atoms with E-state index >= 15 is 0 Å². The molecule has 3 N–H and O–H groups in total. The van der Waals surface area contributed by atoms with Crippen LogP contribution in [0.4, 0.5) is 0 Å². The lowest BCUT2D eigenvalue weighted by atomic mass is 10.2. The summed E-state index contributed by atoms with van der Waals surface area (Å²) in [5.41, 5.74) is 0.668. The Labute approximate surface area is 127 Å². The number of ether oxygens (including phenoxy) is 1. The molecule has 1 aromatic rings. The van der Waals surface area contributed by atoms with Crippen molar-refractivity contribution in [3.63, 3.8) is 0 Å². The molecule has 0 saturated carbocycles. The van der Waals surface area contributed by atoms with Gasteiger partial charge in [-0.05, 0) is 37.2 Å². The van der Waals surface area contributed by atoms with Crippen molar-refractivity contribution < 1.29 is 24.5 Å². The van der Waals surface area contributed by atoms with Gasteiger partial charge in [-0.2, -0.15) is 5.26 Å². The van der Waals surface area contributed by atoms with Crippen LogP contribution in [0.5, 0.6) is 5.75 Å². The molecule has 0 aliphatic carbocycles. The number of nitrogens with one attached hydrogen (secondary N) is 1. The summed E-state index contributed by atoms with van der Waals surface area (Å²) < 4.78 is 5.70. The van der Waals surface area contributed by atoms with Crippen LogP contribution in [-0.4, -0.2) is 41.3 Å². The van der Waals surface area contributed by atoms with Crippen molar-refractivity contribution in [1.29, 1.82) is 5.26 Å². The molecule has 1 aliphatic rings. The van der Waals surface area contributed by atoms with Gasteiger partial charge in [0.05, 0.1) is 11.6 Å². The molecule has 0 amide bonds. The lowest BCUT2D eigenvalue weighted by molar-refractivity contribution is -0.134. The maximum atomic E-state index is 9.55. The highest BCUT2D eigenvalue weighted by atomic mass is 16.5. The summed E-state index contributed by atoms with van der Waals surface area (Å²) in [6.07, 6.45) is 2.45. The van der Waals surface area contributed by atoms with E-state index in [9.17, 15) is 9.59 Å². The van der Waals surface area contributed by atoms with Gasteiger partial charge < -0.3 is 20.3 Å². The van der Waals surface area contributed by atoms with Gasteiger partial charge in [-0.25, -0.2) is 9.59 Å². The average Bonchev–Trinajstić information content (AvgIpc) is 2.99. The zero-order valence-electron chi connectivity index (χ0n) is 11.7. The van der Waals surface area contributed by atoms with Crippen LogP contribution in [0.3, 0.4) is 0 Å². The molecule has 1 atom stereocenters. The van der Waals surface area contributed by atoms with Crippen molar-refractivity contribution in [3.05, 3.63) is 42.0 Å². The Morgan fingerprint density at radius 3 is 2.23 bits per heavy atom. The second kappa shape index (κ2) is 9.15. The van der Waals surface area contributed by atoms with Gasteiger partial charge in [-0.3, -0.25) is 0 Å². The molecule has 0 bridgehead atoms. The number of rotatable bonds is 4. The lowest BCUT2D eigenvalue weighted by Crippen LogP contribution is -2.19. The van der Waals surface area contributed by atoms with Crippen LogP contribution in [-0.2, 0) is 9.59 Å². The van der Waals surface area contributed by atoms with Gasteiger partial charge in [0, 0.05) is 18.7 Å². The van der Waals surface area contributed by atoms with E-state index in [2.05, 4.69) is 11.4 Å². The van der Waals surface area contributed by atoms with E-state index in [0.717, 1.165) is 25.3 Å². The highest BCUT2D eigenvalue weighted by molar-refractivity contribution is 5.89. The van der Waals surface area contributed by atoms with E-state index in [1.807, 2.05) is 12.1 Å². The number of nitriles is 1. The molecule has 7 heteroatoms. The molecule has 116 valence electrons. The molecule has 0 radical (unpaired) electrons. The molecule has 1 aromatic carbocycles. The third kappa shape index (κ3) is 7.07. The molecule has 0 aromatic heterocycles. The normalized spacial score (nSPS) is 16.4. The van der Waals surface area contributed by atoms with E-state index in [4.69, 9.17) is 20.2 Å². The quantitative estimate of drug-likeness (QED) is 0.710. The average molecular weight is 304 g/mol. The maximum Gasteiger partial charge on any atom is 0.328 e. The van der Waals surface area contributed by atoms with Crippen molar-refractivity contribution in [1.82, 2.24) is 5.32 Å². The second-order valence-electron chi connectivity index (χ2n) is 4.38. The monoisotopic (exact) mass is 304 g/mol. The number of nitrogens with zero attached hydrogens (tertiary/aromatic N) is 1. The summed E-state index contributed by atoms with van der Waals surface area (Å²) in [4.78, 5) is 19.1. The van der Waals surface area contributed by atoms with E-state index in [-0.39, 0.29) is 6.10 Å². The standard InChI is InChI=1S/C11H12N2O.C4H4O4/c12-7-9-1-3-10(4-2-9)14-11-5-6-13-8-11;5-3(6)1-2-4(7)8/h1-4,11,13H,5-6,8H2;1-2H,(H,5,6)(H,7,8)/t11-;/m1./s1. The maximum absolute atomic E-state index is 9.55. The molecule has 1 saturated heterocycles. The highest BCUT2D eigenvalue weighted by Crippen LogP contribution is 2.15. The minimum atomic E-state index is -1.26. The smallest absolute Gasteiger partial charge is 0.328 e. The fraction of sp³-hybridized carbons (Fsp3) is 0.267. The van der Waals surface area contributed by atoms with E-state index in [0.29, 0.717) is 17.7 Å². The molecule has 2 rings (SSSR count). The SMILES string of the molecule is N#Cc1ccc(O[C@@H]2CCNC2)cc1.O=C(O)C=CC(=O)O. The molecule has 1 fully saturated rings. The van der Waals surface area contributed by atoms with Crippen LogP contribution in [0, 0.1) is 11.3 Å². The molecular formula is C15H16N2O5. The zero-order valence-corrected chi connectivity index (χ0v) is 11.7. The summed E-state index contributed by atoms with van der Waals surface area (Å²) in [6, 6.07) is 9.32. The van der Waals surface area contributed by atoms with Crippen LogP contribution < -0.4 is 10.1 Å². The van der Waals surface area contributed by atoms with Crippen molar-refractivity contribution >= 4 is 11.9 Å². The second-order valence-corrected chi connectivity index (χ2v) is 4.38. The first-order chi connectivity index (χ1) is 10.5. The number of hydrogen-bond acceptors (Lipinski definition) is 5. The fourth-order valence-corrected chi connectivity index (χ4v) is 1.67. The summed E-state index contributed by atoms with van der Waals surface area (Å²) >= 11 is 0. The van der Waals surface area contributed by atoms with Gasteiger partial charge in [-0.1, -0.05) is 0 Å². The van der Waals surface area contributed by atoms with E-state index in [1.54, 1.807) is 12.1 Å². The molecule has 22 heavy (non-hydrogen) atoms. The van der Waals surface area contributed by atoms with E-state index in [1.165, 1.54) is 0 Å². The first kappa shape index (κ1) is 17.2. The number of carboxylic acids is 2. The number of hydrogen-bond donors (Lipinski definition) is 3.